The summed E-state index contributed by atoms with van der Waals surface area (Å²) in [5.74, 6) is -0.251. The van der Waals surface area contributed by atoms with Crippen molar-refractivity contribution in [2.24, 2.45) is 5.92 Å². The van der Waals surface area contributed by atoms with E-state index >= 15 is 0 Å². The number of hydrogen-bond acceptors (Lipinski definition) is 4. The molecule has 1 unspecified atom stereocenters. The second kappa shape index (κ2) is 6.48. The molecule has 1 aromatic heterocycles. The van der Waals surface area contributed by atoms with Crippen molar-refractivity contribution in [3.63, 3.8) is 0 Å². The first-order valence-electron chi connectivity index (χ1n) is 6.32. The van der Waals surface area contributed by atoms with E-state index in [-0.39, 0.29) is 11.9 Å². The van der Waals surface area contributed by atoms with Crippen molar-refractivity contribution < 1.29 is 9.53 Å². The van der Waals surface area contributed by atoms with Gasteiger partial charge in [-0.1, -0.05) is 37.3 Å². The molecule has 1 aromatic carbocycles. The molecule has 0 N–H and O–H groups in total. The Morgan fingerprint density at radius 1 is 1.37 bits per heavy atom. The fraction of sp³-hybridized carbons (Fsp3) is 0.333. The van der Waals surface area contributed by atoms with Crippen LogP contribution in [0.5, 0.6) is 0 Å². The van der Waals surface area contributed by atoms with Crippen molar-refractivity contribution in [2.75, 3.05) is 7.11 Å². The maximum atomic E-state index is 11.6. The second-order valence-corrected chi connectivity index (χ2v) is 5.27. The molecule has 1 atom stereocenters. The van der Waals surface area contributed by atoms with Crippen LogP contribution in [0.1, 0.15) is 18.4 Å². The first-order chi connectivity index (χ1) is 9.24. The number of carbonyl (C=O) groups excluding carboxylic acids is 1. The minimum atomic E-state index is -0.154. The number of rotatable bonds is 5. The van der Waals surface area contributed by atoms with Crippen LogP contribution < -0.4 is 0 Å². The first kappa shape index (κ1) is 13.7. The maximum Gasteiger partial charge on any atom is 0.309 e. The van der Waals surface area contributed by atoms with E-state index < -0.39 is 0 Å². The topological polar surface area (TPSA) is 39.2 Å². The number of hydrogen-bond donors (Lipinski definition) is 0. The molecule has 0 aliphatic rings. The van der Waals surface area contributed by atoms with Gasteiger partial charge in [0.05, 0.1) is 23.7 Å². The molecule has 19 heavy (non-hydrogen) atoms. The highest BCUT2D eigenvalue weighted by Crippen LogP contribution is 2.24. The fourth-order valence-corrected chi connectivity index (χ4v) is 2.80. The van der Waals surface area contributed by atoms with Crippen molar-refractivity contribution in [1.29, 1.82) is 0 Å². The molecule has 100 valence electrons. The van der Waals surface area contributed by atoms with Crippen LogP contribution in [0.3, 0.4) is 0 Å². The Kier molecular flexibility index (Phi) is 4.68. The molecule has 0 radical (unpaired) electrons. The Morgan fingerprint density at radius 2 is 2.11 bits per heavy atom. The number of aromatic nitrogens is 1. The zero-order valence-electron chi connectivity index (χ0n) is 11.1. The monoisotopic (exact) mass is 275 g/mol. The van der Waals surface area contributed by atoms with Crippen molar-refractivity contribution in [2.45, 2.75) is 19.8 Å². The SMILES string of the molecule is CCC(Cc1nc(-c2ccccc2)cs1)C(=O)OC. The highest BCUT2D eigenvalue weighted by Gasteiger charge is 2.19. The number of methoxy groups -OCH3 is 1. The summed E-state index contributed by atoms with van der Waals surface area (Å²) in [5.41, 5.74) is 2.08. The van der Waals surface area contributed by atoms with Crippen LogP contribution in [0.4, 0.5) is 0 Å². The number of esters is 1. The summed E-state index contributed by atoms with van der Waals surface area (Å²) >= 11 is 1.60. The molecule has 0 amide bonds. The van der Waals surface area contributed by atoms with Crippen molar-refractivity contribution in [3.8, 4) is 11.3 Å². The van der Waals surface area contributed by atoms with Gasteiger partial charge in [-0.2, -0.15) is 0 Å². The van der Waals surface area contributed by atoms with Gasteiger partial charge in [0.1, 0.15) is 0 Å². The summed E-state index contributed by atoms with van der Waals surface area (Å²) in [6, 6.07) is 10.1. The maximum absolute atomic E-state index is 11.6. The Labute approximate surface area is 117 Å². The standard InChI is InChI=1S/C15H17NO2S/c1-3-11(15(17)18-2)9-14-16-13(10-19-14)12-7-5-4-6-8-12/h4-8,10-11H,3,9H2,1-2H3. The molecule has 3 nitrogen and oxygen atoms in total. The summed E-state index contributed by atoms with van der Waals surface area (Å²) in [4.78, 5) is 16.2. The Morgan fingerprint density at radius 3 is 2.74 bits per heavy atom. The van der Waals surface area contributed by atoms with Crippen LogP contribution >= 0.6 is 11.3 Å². The highest BCUT2D eigenvalue weighted by molar-refractivity contribution is 7.09. The number of nitrogens with zero attached hydrogens (tertiary/aromatic N) is 1. The van der Waals surface area contributed by atoms with Gasteiger partial charge in [0.15, 0.2) is 0 Å². The summed E-state index contributed by atoms with van der Waals surface area (Å²) in [6.07, 6.45) is 1.42. The largest absolute Gasteiger partial charge is 0.469 e. The van der Waals surface area contributed by atoms with E-state index in [9.17, 15) is 4.79 Å². The third kappa shape index (κ3) is 3.41. The van der Waals surface area contributed by atoms with E-state index in [1.54, 1.807) is 11.3 Å². The fourth-order valence-electron chi connectivity index (χ4n) is 1.92. The summed E-state index contributed by atoms with van der Waals surface area (Å²) in [6.45, 7) is 1.99. The van der Waals surface area contributed by atoms with Gasteiger partial charge in [0.2, 0.25) is 0 Å². The summed E-state index contributed by atoms with van der Waals surface area (Å²) in [5, 5.41) is 3.02. The number of carbonyl (C=O) groups is 1. The van der Waals surface area contributed by atoms with E-state index in [0.29, 0.717) is 6.42 Å². The summed E-state index contributed by atoms with van der Waals surface area (Å²) < 4.78 is 4.80. The van der Waals surface area contributed by atoms with Gasteiger partial charge in [0.25, 0.3) is 0 Å². The van der Waals surface area contributed by atoms with E-state index in [0.717, 1.165) is 22.7 Å². The second-order valence-electron chi connectivity index (χ2n) is 4.32. The average Bonchev–Trinajstić information content (AvgIpc) is 2.93. The quantitative estimate of drug-likeness (QED) is 0.783. The van der Waals surface area contributed by atoms with Gasteiger partial charge >= 0.3 is 5.97 Å². The lowest BCUT2D eigenvalue weighted by molar-refractivity contribution is -0.145. The predicted octanol–water partition coefficient (Wildman–Crippen LogP) is 3.55. The number of benzene rings is 1. The van der Waals surface area contributed by atoms with Gasteiger partial charge in [-0.15, -0.1) is 11.3 Å². The molecule has 0 saturated carbocycles. The third-order valence-corrected chi connectivity index (χ3v) is 3.94. The molecular formula is C15H17NO2S. The summed E-state index contributed by atoms with van der Waals surface area (Å²) in [7, 11) is 1.43. The molecule has 0 aliphatic carbocycles. The molecule has 0 bridgehead atoms. The number of thiazole rings is 1. The van der Waals surface area contributed by atoms with Crippen LogP contribution in [0.25, 0.3) is 11.3 Å². The molecule has 0 spiro atoms. The molecule has 2 aromatic rings. The van der Waals surface area contributed by atoms with Gasteiger partial charge in [0, 0.05) is 17.4 Å². The van der Waals surface area contributed by atoms with E-state index in [4.69, 9.17) is 4.74 Å². The third-order valence-electron chi connectivity index (χ3n) is 3.07. The zero-order chi connectivity index (χ0) is 13.7. The Bertz CT molecular complexity index is 536. The minimum absolute atomic E-state index is 0.0974. The molecule has 4 heteroatoms. The van der Waals surface area contributed by atoms with Gasteiger partial charge < -0.3 is 4.74 Å². The van der Waals surface area contributed by atoms with Crippen LogP contribution in [0, 0.1) is 5.92 Å². The smallest absolute Gasteiger partial charge is 0.309 e. The minimum Gasteiger partial charge on any atom is -0.469 e. The van der Waals surface area contributed by atoms with E-state index in [1.165, 1.54) is 7.11 Å². The molecule has 0 fully saturated rings. The lowest BCUT2D eigenvalue weighted by Crippen LogP contribution is -2.17. The molecular weight excluding hydrogens is 258 g/mol. The van der Waals surface area contributed by atoms with Crippen LogP contribution in [0.2, 0.25) is 0 Å². The number of ether oxygens (including phenoxy) is 1. The predicted molar refractivity (Wildman–Crippen MR) is 77.1 cm³/mol. The molecule has 0 aliphatic heterocycles. The highest BCUT2D eigenvalue weighted by atomic mass is 32.1. The average molecular weight is 275 g/mol. The Hall–Kier alpha value is -1.68. The lowest BCUT2D eigenvalue weighted by atomic mass is 10.0. The van der Waals surface area contributed by atoms with Crippen LogP contribution in [-0.2, 0) is 16.0 Å². The van der Waals surface area contributed by atoms with Crippen molar-refractivity contribution >= 4 is 17.3 Å². The lowest BCUT2D eigenvalue weighted by Gasteiger charge is -2.09. The zero-order valence-corrected chi connectivity index (χ0v) is 11.9. The molecule has 0 saturated heterocycles. The van der Waals surface area contributed by atoms with E-state index in [2.05, 4.69) is 4.98 Å². The van der Waals surface area contributed by atoms with Gasteiger partial charge in [-0.25, -0.2) is 4.98 Å². The first-order valence-corrected chi connectivity index (χ1v) is 7.20. The van der Waals surface area contributed by atoms with E-state index in [1.807, 2.05) is 42.6 Å². The van der Waals surface area contributed by atoms with Crippen LogP contribution in [-0.4, -0.2) is 18.1 Å². The van der Waals surface area contributed by atoms with Gasteiger partial charge in [-0.05, 0) is 6.42 Å². The van der Waals surface area contributed by atoms with Crippen molar-refractivity contribution in [3.05, 3.63) is 40.7 Å². The Balaban J connectivity index is 2.11. The molecule has 2 rings (SSSR count). The van der Waals surface area contributed by atoms with Crippen molar-refractivity contribution in [1.82, 2.24) is 4.98 Å². The van der Waals surface area contributed by atoms with Gasteiger partial charge in [-0.3, -0.25) is 4.79 Å². The molecule has 1 heterocycles. The normalized spacial score (nSPS) is 12.1. The van der Waals surface area contributed by atoms with Crippen LogP contribution in [0.15, 0.2) is 35.7 Å².